The molecule has 2 rings (SSSR count). The fourth-order valence-electron chi connectivity index (χ4n) is 2.47. The summed E-state index contributed by atoms with van der Waals surface area (Å²) in [6, 6.07) is 13.1. The van der Waals surface area contributed by atoms with Gasteiger partial charge in [-0.15, -0.1) is 0 Å². The molecule has 0 heterocycles. The molecule has 1 amide bonds. The first kappa shape index (κ1) is 21.3. The molecule has 0 aliphatic rings. The van der Waals surface area contributed by atoms with E-state index in [-0.39, 0.29) is 11.3 Å². The number of methoxy groups -OCH3 is 2. The van der Waals surface area contributed by atoms with Crippen molar-refractivity contribution >= 4 is 12.1 Å². The minimum Gasteiger partial charge on any atom is -0.497 e. The van der Waals surface area contributed by atoms with Gasteiger partial charge in [-0.2, -0.15) is 5.10 Å². The molecule has 150 valence electrons. The number of ether oxygens (including phenoxy) is 3. The zero-order chi connectivity index (χ0) is 20.7. The van der Waals surface area contributed by atoms with Crippen LogP contribution < -0.4 is 19.6 Å². The second kappa shape index (κ2) is 9.26. The first-order valence-electron chi connectivity index (χ1n) is 9.06. The Labute approximate surface area is 166 Å². The Hall–Kier alpha value is -3.02. The molecule has 2 aromatic rings. The Morgan fingerprint density at radius 1 is 1.04 bits per heavy atom. The van der Waals surface area contributed by atoms with E-state index in [4.69, 9.17) is 14.2 Å². The van der Waals surface area contributed by atoms with Crippen molar-refractivity contribution in [3.63, 3.8) is 0 Å². The topological polar surface area (TPSA) is 69.2 Å². The van der Waals surface area contributed by atoms with Crippen LogP contribution in [-0.4, -0.2) is 32.4 Å². The summed E-state index contributed by atoms with van der Waals surface area (Å²) in [7, 11) is 3.15. The SMILES string of the molecule is COc1ccc(/C=N/NC(=O)C(C)Oc2ccc(C(C)(C)C)cc2)c(OC)c1. The quantitative estimate of drug-likeness (QED) is 0.580. The van der Waals surface area contributed by atoms with Crippen molar-refractivity contribution in [2.45, 2.75) is 39.2 Å². The van der Waals surface area contributed by atoms with Gasteiger partial charge in [0.25, 0.3) is 5.91 Å². The van der Waals surface area contributed by atoms with E-state index < -0.39 is 6.10 Å². The van der Waals surface area contributed by atoms with Crippen molar-refractivity contribution < 1.29 is 19.0 Å². The maximum atomic E-state index is 12.2. The van der Waals surface area contributed by atoms with Crippen LogP contribution in [0.5, 0.6) is 17.2 Å². The van der Waals surface area contributed by atoms with Crippen molar-refractivity contribution in [1.82, 2.24) is 5.43 Å². The number of rotatable bonds is 7. The molecule has 28 heavy (non-hydrogen) atoms. The molecular weight excluding hydrogens is 356 g/mol. The Morgan fingerprint density at radius 3 is 2.25 bits per heavy atom. The van der Waals surface area contributed by atoms with Crippen molar-refractivity contribution in [1.29, 1.82) is 0 Å². The molecule has 0 aromatic heterocycles. The first-order chi connectivity index (χ1) is 13.2. The van der Waals surface area contributed by atoms with Gasteiger partial charge < -0.3 is 14.2 Å². The summed E-state index contributed by atoms with van der Waals surface area (Å²) in [6.45, 7) is 8.12. The Kier molecular flexibility index (Phi) is 7.04. The number of nitrogens with zero attached hydrogens (tertiary/aromatic N) is 1. The third kappa shape index (κ3) is 5.74. The summed E-state index contributed by atoms with van der Waals surface area (Å²) in [5.74, 6) is 1.57. The second-order valence-electron chi connectivity index (χ2n) is 7.38. The van der Waals surface area contributed by atoms with E-state index in [1.807, 2.05) is 24.3 Å². The number of amides is 1. The zero-order valence-corrected chi connectivity index (χ0v) is 17.3. The van der Waals surface area contributed by atoms with E-state index >= 15 is 0 Å². The molecule has 0 spiro atoms. The smallest absolute Gasteiger partial charge is 0.280 e. The molecule has 2 aromatic carbocycles. The van der Waals surface area contributed by atoms with Crippen molar-refractivity contribution in [3.8, 4) is 17.2 Å². The van der Waals surface area contributed by atoms with E-state index in [9.17, 15) is 4.79 Å². The van der Waals surface area contributed by atoms with Gasteiger partial charge in [0.15, 0.2) is 6.10 Å². The standard InChI is InChI=1S/C22H28N2O4/c1-15(28-18-11-8-17(9-12-18)22(2,3)4)21(25)24-23-14-16-7-10-19(26-5)13-20(16)27-6/h7-15H,1-6H3,(H,24,25)/b23-14+. The van der Waals surface area contributed by atoms with Crippen molar-refractivity contribution in [2.75, 3.05) is 14.2 Å². The number of nitrogens with one attached hydrogen (secondary N) is 1. The highest BCUT2D eigenvalue weighted by molar-refractivity contribution is 5.86. The van der Waals surface area contributed by atoms with E-state index in [2.05, 4.69) is 31.3 Å². The van der Waals surface area contributed by atoms with E-state index in [0.717, 1.165) is 5.56 Å². The van der Waals surface area contributed by atoms with Gasteiger partial charge in [0.1, 0.15) is 17.2 Å². The average molecular weight is 384 g/mol. The Bertz CT molecular complexity index is 823. The summed E-state index contributed by atoms with van der Waals surface area (Å²) in [5, 5.41) is 3.99. The number of hydrazone groups is 1. The molecule has 0 aliphatic carbocycles. The fourth-order valence-corrected chi connectivity index (χ4v) is 2.47. The highest BCUT2D eigenvalue weighted by Gasteiger charge is 2.16. The number of benzene rings is 2. The largest absolute Gasteiger partial charge is 0.497 e. The Balaban J connectivity index is 1.94. The molecule has 0 radical (unpaired) electrons. The van der Waals surface area contributed by atoms with Gasteiger partial charge in [0.05, 0.1) is 20.4 Å². The van der Waals surface area contributed by atoms with E-state index in [1.165, 1.54) is 11.8 Å². The van der Waals surface area contributed by atoms with Crippen LogP contribution in [0.1, 0.15) is 38.8 Å². The van der Waals surface area contributed by atoms with E-state index in [1.54, 1.807) is 39.3 Å². The highest BCUT2D eigenvalue weighted by atomic mass is 16.5. The summed E-state index contributed by atoms with van der Waals surface area (Å²) in [4.78, 5) is 12.2. The molecule has 0 bridgehead atoms. The number of carbonyl (C=O) groups excluding carboxylic acids is 1. The van der Waals surface area contributed by atoms with Crippen LogP contribution in [0.2, 0.25) is 0 Å². The van der Waals surface area contributed by atoms with Gasteiger partial charge in [0.2, 0.25) is 0 Å². The lowest BCUT2D eigenvalue weighted by atomic mass is 9.87. The lowest BCUT2D eigenvalue weighted by Crippen LogP contribution is -2.33. The minimum atomic E-state index is -0.685. The molecule has 0 fully saturated rings. The summed E-state index contributed by atoms with van der Waals surface area (Å²) in [5.41, 5.74) is 4.47. The summed E-state index contributed by atoms with van der Waals surface area (Å²) < 4.78 is 16.1. The molecule has 1 atom stereocenters. The van der Waals surface area contributed by atoms with Crippen molar-refractivity contribution in [3.05, 3.63) is 53.6 Å². The van der Waals surface area contributed by atoms with Gasteiger partial charge in [0, 0.05) is 11.6 Å². The van der Waals surface area contributed by atoms with Gasteiger partial charge >= 0.3 is 0 Å². The predicted octanol–water partition coefficient (Wildman–Crippen LogP) is 3.92. The van der Waals surface area contributed by atoms with Crippen LogP contribution in [0.25, 0.3) is 0 Å². The molecule has 1 N–H and O–H groups in total. The molecule has 6 heteroatoms. The van der Waals surface area contributed by atoms with Crippen LogP contribution in [-0.2, 0) is 10.2 Å². The van der Waals surface area contributed by atoms with Gasteiger partial charge in [-0.05, 0) is 42.2 Å². The van der Waals surface area contributed by atoms with Crippen LogP contribution >= 0.6 is 0 Å². The van der Waals surface area contributed by atoms with Crippen LogP contribution in [0.15, 0.2) is 47.6 Å². The van der Waals surface area contributed by atoms with Gasteiger partial charge in [-0.1, -0.05) is 32.9 Å². The normalized spacial score (nSPS) is 12.5. The predicted molar refractivity (Wildman–Crippen MR) is 111 cm³/mol. The fraction of sp³-hybridized carbons (Fsp3) is 0.364. The van der Waals surface area contributed by atoms with Crippen LogP contribution in [0.3, 0.4) is 0 Å². The maximum absolute atomic E-state index is 12.2. The molecule has 6 nitrogen and oxygen atoms in total. The number of hydrogen-bond donors (Lipinski definition) is 1. The third-order valence-electron chi connectivity index (χ3n) is 4.22. The zero-order valence-electron chi connectivity index (χ0n) is 17.3. The third-order valence-corrected chi connectivity index (χ3v) is 4.22. The molecule has 0 saturated carbocycles. The van der Waals surface area contributed by atoms with Gasteiger partial charge in [-0.25, -0.2) is 5.43 Å². The lowest BCUT2D eigenvalue weighted by molar-refractivity contribution is -0.127. The minimum absolute atomic E-state index is 0.0682. The van der Waals surface area contributed by atoms with Crippen molar-refractivity contribution in [2.24, 2.45) is 5.10 Å². The number of hydrogen-bond acceptors (Lipinski definition) is 5. The Morgan fingerprint density at radius 2 is 1.68 bits per heavy atom. The van der Waals surface area contributed by atoms with Gasteiger partial charge in [-0.3, -0.25) is 4.79 Å². The summed E-state index contributed by atoms with van der Waals surface area (Å²) in [6.07, 6.45) is 0.830. The molecule has 0 saturated heterocycles. The molecule has 1 unspecified atom stereocenters. The van der Waals surface area contributed by atoms with Crippen LogP contribution in [0, 0.1) is 0 Å². The maximum Gasteiger partial charge on any atom is 0.280 e. The van der Waals surface area contributed by atoms with Crippen LogP contribution in [0.4, 0.5) is 0 Å². The second-order valence-corrected chi connectivity index (χ2v) is 7.38. The highest BCUT2D eigenvalue weighted by Crippen LogP contribution is 2.25. The lowest BCUT2D eigenvalue weighted by Gasteiger charge is -2.20. The first-order valence-corrected chi connectivity index (χ1v) is 9.06. The molecule has 0 aliphatic heterocycles. The monoisotopic (exact) mass is 384 g/mol. The van der Waals surface area contributed by atoms with E-state index in [0.29, 0.717) is 17.2 Å². The molecular formula is C22H28N2O4. The number of carbonyl (C=O) groups is 1. The average Bonchev–Trinajstić information content (AvgIpc) is 2.67. The summed E-state index contributed by atoms with van der Waals surface area (Å²) >= 11 is 0.